The number of nitrogens with one attached hydrogen (secondary N) is 1. The molecule has 1 heterocycles. The van der Waals surface area contributed by atoms with E-state index in [9.17, 15) is 4.79 Å². The van der Waals surface area contributed by atoms with Crippen LogP contribution in [0.2, 0.25) is 5.02 Å². The molecule has 100 valence electrons. The Labute approximate surface area is 121 Å². The van der Waals surface area contributed by atoms with Crippen LogP contribution in [-0.2, 0) is 11.2 Å². The molecule has 0 saturated carbocycles. The molecule has 0 saturated heterocycles. The highest BCUT2D eigenvalue weighted by molar-refractivity contribution is 6.32. The lowest BCUT2D eigenvalue weighted by Gasteiger charge is -2.06. The number of pyridine rings is 1. The van der Waals surface area contributed by atoms with Gasteiger partial charge in [0.1, 0.15) is 6.07 Å². The van der Waals surface area contributed by atoms with E-state index in [1.165, 1.54) is 12.3 Å². The molecule has 2 rings (SSSR count). The molecule has 1 aromatic carbocycles. The number of rotatable bonds is 3. The minimum absolute atomic E-state index is 0.137. The molecule has 0 aliphatic rings. The fourth-order valence-electron chi connectivity index (χ4n) is 1.59. The number of hydrogen-bond acceptors (Lipinski definition) is 4. The van der Waals surface area contributed by atoms with Gasteiger partial charge in [0.05, 0.1) is 28.9 Å². The van der Waals surface area contributed by atoms with Gasteiger partial charge in [0.25, 0.3) is 0 Å². The maximum Gasteiger partial charge on any atom is 0.230 e. The van der Waals surface area contributed by atoms with E-state index in [-0.39, 0.29) is 12.3 Å². The number of carbonyl (C=O) groups is 1. The first-order valence-corrected chi connectivity index (χ1v) is 6.16. The molecule has 0 fully saturated rings. The molecule has 20 heavy (non-hydrogen) atoms. The lowest BCUT2D eigenvalue weighted by Crippen LogP contribution is -2.15. The van der Waals surface area contributed by atoms with Crippen molar-refractivity contribution in [1.29, 1.82) is 5.26 Å². The van der Waals surface area contributed by atoms with Gasteiger partial charge in [0.15, 0.2) is 0 Å². The summed E-state index contributed by atoms with van der Waals surface area (Å²) in [6.07, 6.45) is 1.64. The summed E-state index contributed by atoms with van der Waals surface area (Å²) in [7, 11) is 0. The van der Waals surface area contributed by atoms with Gasteiger partial charge in [-0.2, -0.15) is 5.26 Å². The molecule has 1 aromatic heterocycles. The van der Waals surface area contributed by atoms with Crippen molar-refractivity contribution < 1.29 is 4.79 Å². The highest BCUT2D eigenvalue weighted by Gasteiger charge is 2.07. The lowest BCUT2D eigenvalue weighted by atomic mass is 10.2. The number of anilines is 2. The molecule has 0 spiro atoms. The van der Waals surface area contributed by atoms with E-state index in [4.69, 9.17) is 22.6 Å². The highest BCUT2D eigenvalue weighted by atomic mass is 35.5. The number of amides is 1. The van der Waals surface area contributed by atoms with Crippen molar-refractivity contribution in [1.82, 2.24) is 4.98 Å². The molecule has 3 N–H and O–H groups in total. The van der Waals surface area contributed by atoms with Crippen LogP contribution in [0.5, 0.6) is 0 Å². The Bertz CT molecular complexity index is 677. The van der Waals surface area contributed by atoms with E-state index in [2.05, 4.69) is 10.3 Å². The smallest absolute Gasteiger partial charge is 0.230 e. The van der Waals surface area contributed by atoms with E-state index < -0.39 is 0 Å². The first kappa shape index (κ1) is 13.8. The Balaban J connectivity index is 2.03. The van der Waals surface area contributed by atoms with Crippen molar-refractivity contribution in [2.24, 2.45) is 0 Å². The minimum atomic E-state index is -0.219. The molecule has 0 unspecified atom stereocenters. The molecule has 0 bridgehead atoms. The van der Waals surface area contributed by atoms with Crippen LogP contribution >= 0.6 is 11.6 Å². The van der Waals surface area contributed by atoms with Crippen LogP contribution in [0, 0.1) is 11.3 Å². The molecule has 6 heteroatoms. The van der Waals surface area contributed by atoms with E-state index in [1.54, 1.807) is 24.3 Å². The topological polar surface area (TPSA) is 91.8 Å². The van der Waals surface area contributed by atoms with E-state index in [1.807, 2.05) is 6.07 Å². The molecule has 0 radical (unpaired) electrons. The van der Waals surface area contributed by atoms with Crippen molar-refractivity contribution in [2.45, 2.75) is 6.42 Å². The number of aromatic nitrogens is 1. The Hall–Kier alpha value is -2.58. The van der Waals surface area contributed by atoms with Gasteiger partial charge in [-0.3, -0.25) is 9.78 Å². The van der Waals surface area contributed by atoms with Gasteiger partial charge in [-0.05, 0) is 30.3 Å². The number of halogens is 1. The van der Waals surface area contributed by atoms with Crippen LogP contribution in [0.3, 0.4) is 0 Å². The second-order valence-corrected chi connectivity index (χ2v) is 4.52. The van der Waals surface area contributed by atoms with Crippen LogP contribution in [0.1, 0.15) is 11.3 Å². The number of benzene rings is 1. The van der Waals surface area contributed by atoms with E-state index >= 15 is 0 Å². The molecule has 0 aliphatic heterocycles. The van der Waals surface area contributed by atoms with Crippen LogP contribution in [0.4, 0.5) is 11.4 Å². The summed E-state index contributed by atoms with van der Waals surface area (Å²) in [5.41, 5.74) is 7.59. The van der Waals surface area contributed by atoms with Crippen LogP contribution in [-0.4, -0.2) is 10.9 Å². The maximum absolute atomic E-state index is 11.8. The second-order valence-electron chi connectivity index (χ2n) is 4.11. The number of hydrogen-bond donors (Lipinski definition) is 2. The third-order valence-electron chi connectivity index (χ3n) is 2.56. The Morgan fingerprint density at radius 1 is 1.40 bits per heavy atom. The standard InChI is InChI=1S/C14H11ClN4O/c15-13-5-12(3-1-9(13)7-16)19-14(20)6-11-4-2-10(17)8-18-11/h1-5,8H,6,17H2,(H,19,20). The summed E-state index contributed by atoms with van der Waals surface area (Å²) >= 11 is 5.89. The predicted octanol–water partition coefficient (Wildman–Crippen LogP) is 2.37. The summed E-state index contributed by atoms with van der Waals surface area (Å²) in [6, 6.07) is 10.1. The lowest BCUT2D eigenvalue weighted by molar-refractivity contribution is -0.115. The van der Waals surface area contributed by atoms with E-state index in [0.717, 1.165) is 0 Å². The number of nitrogens with two attached hydrogens (primary N) is 1. The van der Waals surface area contributed by atoms with Crippen molar-refractivity contribution in [3.8, 4) is 6.07 Å². The Kier molecular flexibility index (Phi) is 4.18. The molecule has 2 aromatic rings. The van der Waals surface area contributed by atoms with Gasteiger partial charge in [0.2, 0.25) is 5.91 Å². The quantitative estimate of drug-likeness (QED) is 0.906. The highest BCUT2D eigenvalue weighted by Crippen LogP contribution is 2.20. The van der Waals surface area contributed by atoms with E-state index in [0.29, 0.717) is 27.7 Å². The summed E-state index contributed by atoms with van der Waals surface area (Å²) < 4.78 is 0. The van der Waals surface area contributed by atoms with Crippen molar-refractivity contribution >= 4 is 28.9 Å². The summed E-state index contributed by atoms with van der Waals surface area (Å²) in [5.74, 6) is -0.219. The number of carbonyl (C=O) groups excluding carboxylic acids is 1. The van der Waals surface area contributed by atoms with Gasteiger partial charge in [-0.1, -0.05) is 11.6 Å². The Morgan fingerprint density at radius 3 is 2.80 bits per heavy atom. The maximum atomic E-state index is 11.8. The van der Waals surface area contributed by atoms with Crippen LogP contribution in [0.25, 0.3) is 0 Å². The SMILES string of the molecule is N#Cc1ccc(NC(=O)Cc2ccc(N)cn2)cc1Cl. The first-order chi connectivity index (χ1) is 9.58. The van der Waals surface area contributed by atoms with Crippen LogP contribution in [0.15, 0.2) is 36.5 Å². The summed E-state index contributed by atoms with van der Waals surface area (Å²) in [5, 5.41) is 11.8. The average molecular weight is 287 g/mol. The largest absolute Gasteiger partial charge is 0.397 e. The van der Waals surface area contributed by atoms with Gasteiger partial charge in [-0.15, -0.1) is 0 Å². The van der Waals surface area contributed by atoms with Crippen molar-refractivity contribution in [3.05, 3.63) is 52.8 Å². The van der Waals surface area contributed by atoms with Gasteiger partial charge >= 0.3 is 0 Å². The first-order valence-electron chi connectivity index (χ1n) is 5.78. The Morgan fingerprint density at radius 2 is 2.20 bits per heavy atom. The number of nitrogen functional groups attached to an aromatic ring is 1. The fourth-order valence-corrected chi connectivity index (χ4v) is 1.82. The van der Waals surface area contributed by atoms with Gasteiger partial charge < -0.3 is 11.1 Å². The molecule has 1 amide bonds. The number of nitrogens with zero attached hydrogens (tertiary/aromatic N) is 2. The third kappa shape index (κ3) is 3.46. The summed E-state index contributed by atoms with van der Waals surface area (Å²) in [4.78, 5) is 15.9. The summed E-state index contributed by atoms with van der Waals surface area (Å²) in [6.45, 7) is 0. The zero-order valence-electron chi connectivity index (χ0n) is 10.4. The molecule has 0 aliphatic carbocycles. The predicted molar refractivity (Wildman–Crippen MR) is 77.2 cm³/mol. The second kappa shape index (κ2) is 6.04. The van der Waals surface area contributed by atoms with Gasteiger partial charge in [-0.25, -0.2) is 0 Å². The molecular weight excluding hydrogens is 276 g/mol. The third-order valence-corrected chi connectivity index (χ3v) is 2.88. The number of nitriles is 1. The normalized spacial score (nSPS) is 9.80. The molecular formula is C14H11ClN4O. The monoisotopic (exact) mass is 286 g/mol. The zero-order chi connectivity index (χ0) is 14.5. The fraction of sp³-hybridized carbons (Fsp3) is 0.0714. The molecule has 5 nitrogen and oxygen atoms in total. The minimum Gasteiger partial charge on any atom is -0.397 e. The van der Waals surface area contributed by atoms with Crippen molar-refractivity contribution in [2.75, 3.05) is 11.1 Å². The van der Waals surface area contributed by atoms with Gasteiger partial charge in [0, 0.05) is 11.4 Å². The zero-order valence-corrected chi connectivity index (χ0v) is 11.2. The average Bonchev–Trinajstić information content (AvgIpc) is 2.41. The van der Waals surface area contributed by atoms with Crippen LogP contribution < -0.4 is 11.1 Å². The van der Waals surface area contributed by atoms with Crippen molar-refractivity contribution in [3.63, 3.8) is 0 Å². The molecule has 0 atom stereocenters.